The number of hydrogen-bond donors (Lipinski definition) is 2. The summed E-state index contributed by atoms with van der Waals surface area (Å²) >= 11 is 0. The first kappa shape index (κ1) is 11.2. The van der Waals surface area contributed by atoms with Gasteiger partial charge in [-0.2, -0.15) is 10.5 Å². The Kier molecular flexibility index (Phi) is 6.87. The summed E-state index contributed by atoms with van der Waals surface area (Å²) in [5, 5.41) is 14.7. The van der Waals surface area contributed by atoms with Crippen LogP contribution in [-0.2, 0) is 36.4 Å². The third-order valence-electron chi connectivity index (χ3n) is 0.332. The van der Waals surface area contributed by atoms with Gasteiger partial charge in [-0.25, -0.2) is 9.59 Å². The first-order chi connectivity index (χ1) is 3.72. The van der Waals surface area contributed by atoms with Gasteiger partial charge in [0.05, 0.1) is 0 Å². The zero-order chi connectivity index (χ0) is 6.57. The molecule has 0 aromatic carbocycles. The van der Waals surface area contributed by atoms with E-state index >= 15 is 0 Å². The van der Waals surface area contributed by atoms with Crippen molar-refractivity contribution in [2.75, 3.05) is 0 Å². The summed E-state index contributed by atoms with van der Waals surface area (Å²) in [5.74, 6) is -3.35. The van der Waals surface area contributed by atoms with Crippen LogP contribution >= 0.6 is 0 Å². The van der Waals surface area contributed by atoms with Gasteiger partial charge in [-0.1, -0.05) is 0 Å². The summed E-state index contributed by atoms with van der Waals surface area (Å²) in [7, 11) is 0. The number of carbonyl (C=O) groups excluding carboxylic acids is 2. The summed E-state index contributed by atoms with van der Waals surface area (Å²) in [6, 6.07) is 0. The number of hydrogen-bond acceptors (Lipinski definition) is 6. The molecule has 0 fully saturated rings. The molecule has 2 N–H and O–H groups in total. The molecular formula is C2H2MnO6. The van der Waals surface area contributed by atoms with Crippen LogP contribution in [0.15, 0.2) is 0 Å². The Morgan fingerprint density at radius 3 is 1.33 bits per heavy atom. The molecule has 0 saturated heterocycles. The van der Waals surface area contributed by atoms with Crippen molar-refractivity contribution in [3.8, 4) is 0 Å². The molecule has 0 unspecified atom stereocenters. The molecule has 0 rings (SSSR count). The molecule has 0 spiro atoms. The minimum atomic E-state index is -1.67. The van der Waals surface area contributed by atoms with Crippen molar-refractivity contribution < 1.29 is 46.9 Å². The van der Waals surface area contributed by atoms with Crippen LogP contribution in [0.3, 0.4) is 0 Å². The van der Waals surface area contributed by atoms with Crippen LogP contribution in [-0.4, -0.2) is 22.5 Å². The van der Waals surface area contributed by atoms with E-state index in [9.17, 15) is 9.59 Å². The molecule has 0 aromatic rings. The van der Waals surface area contributed by atoms with Crippen LogP contribution in [0.25, 0.3) is 0 Å². The van der Waals surface area contributed by atoms with Gasteiger partial charge < -0.3 is 0 Å². The van der Waals surface area contributed by atoms with E-state index < -0.39 is 11.9 Å². The van der Waals surface area contributed by atoms with Crippen LogP contribution in [0.5, 0.6) is 0 Å². The fraction of sp³-hybridized carbons (Fsp3) is 0. The van der Waals surface area contributed by atoms with Crippen LogP contribution in [0.4, 0.5) is 0 Å². The van der Waals surface area contributed by atoms with Gasteiger partial charge in [-0.15, -0.1) is 0 Å². The fourth-order valence-electron chi connectivity index (χ4n) is 0.0745. The Labute approximate surface area is 59.7 Å². The maximum absolute atomic E-state index is 9.64. The van der Waals surface area contributed by atoms with Crippen LogP contribution in [0.1, 0.15) is 0 Å². The van der Waals surface area contributed by atoms with Crippen molar-refractivity contribution >= 4 is 11.9 Å². The number of carbonyl (C=O) groups is 2. The topological polar surface area (TPSA) is 93.1 Å². The van der Waals surface area contributed by atoms with Gasteiger partial charge >= 0.3 is 11.9 Å². The van der Waals surface area contributed by atoms with Gasteiger partial charge in [-0.3, -0.25) is 9.78 Å². The van der Waals surface area contributed by atoms with Crippen LogP contribution in [0.2, 0.25) is 0 Å². The van der Waals surface area contributed by atoms with Gasteiger partial charge in [-0.05, 0) is 0 Å². The average molecular weight is 177 g/mol. The van der Waals surface area contributed by atoms with E-state index in [1.807, 2.05) is 0 Å². The smallest absolute Gasteiger partial charge is 0.288 e. The Balaban J connectivity index is 0. The Hall–Kier alpha value is -0.621. The molecule has 1 radical (unpaired) electrons. The van der Waals surface area contributed by atoms with E-state index in [1.165, 1.54) is 0 Å². The third kappa shape index (κ3) is 3.92. The summed E-state index contributed by atoms with van der Waals surface area (Å²) in [4.78, 5) is 24.9. The van der Waals surface area contributed by atoms with Gasteiger partial charge in [0.2, 0.25) is 0 Å². The van der Waals surface area contributed by atoms with E-state index in [1.54, 1.807) is 0 Å². The average Bonchev–Trinajstić information content (AvgIpc) is 1.84. The minimum absolute atomic E-state index is 0. The molecule has 0 atom stereocenters. The van der Waals surface area contributed by atoms with Gasteiger partial charge in [0.1, 0.15) is 0 Å². The molecule has 7 heteroatoms. The van der Waals surface area contributed by atoms with E-state index in [2.05, 4.69) is 9.78 Å². The second-order valence-electron chi connectivity index (χ2n) is 0.757. The molecule has 0 aliphatic heterocycles. The van der Waals surface area contributed by atoms with Crippen molar-refractivity contribution in [3.05, 3.63) is 0 Å². The predicted molar refractivity (Wildman–Crippen MR) is 17.4 cm³/mol. The normalized spacial score (nSPS) is 6.89. The Morgan fingerprint density at radius 1 is 1.00 bits per heavy atom. The van der Waals surface area contributed by atoms with Crippen LogP contribution in [0, 0.1) is 0 Å². The zero-order valence-electron chi connectivity index (χ0n) is 3.91. The van der Waals surface area contributed by atoms with Crippen molar-refractivity contribution in [2.24, 2.45) is 0 Å². The second kappa shape index (κ2) is 5.51. The largest absolute Gasteiger partial charge is 0.452 e. The maximum atomic E-state index is 9.64. The summed E-state index contributed by atoms with van der Waals surface area (Å²) < 4.78 is 0. The SMILES string of the molecule is O=C(OO)C(=O)OO.[Mn]. The molecule has 0 heterocycles. The molecule has 0 saturated carbocycles. The molecule has 0 bridgehead atoms. The summed E-state index contributed by atoms with van der Waals surface area (Å²) in [6.07, 6.45) is 0. The van der Waals surface area contributed by atoms with Gasteiger partial charge in [0.25, 0.3) is 0 Å². The zero-order valence-corrected chi connectivity index (χ0v) is 5.09. The van der Waals surface area contributed by atoms with E-state index in [0.717, 1.165) is 0 Å². The van der Waals surface area contributed by atoms with Crippen molar-refractivity contribution in [2.45, 2.75) is 0 Å². The van der Waals surface area contributed by atoms with E-state index in [-0.39, 0.29) is 17.1 Å². The van der Waals surface area contributed by atoms with Gasteiger partial charge in [0, 0.05) is 17.1 Å². The molecule has 9 heavy (non-hydrogen) atoms. The molecule has 0 aromatic heterocycles. The van der Waals surface area contributed by atoms with E-state index in [0.29, 0.717) is 0 Å². The van der Waals surface area contributed by atoms with Crippen LogP contribution < -0.4 is 0 Å². The third-order valence-corrected chi connectivity index (χ3v) is 0.332. The van der Waals surface area contributed by atoms with E-state index in [4.69, 9.17) is 10.5 Å². The monoisotopic (exact) mass is 177 g/mol. The quantitative estimate of drug-likeness (QED) is 0.213. The first-order valence-corrected chi connectivity index (χ1v) is 1.43. The Morgan fingerprint density at radius 2 is 1.22 bits per heavy atom. The van der Waals surface area contributed by atoms with Crippen molar-refractivity contribution in [3.63, 3.8) is 0 Å². The Bertz CT molecular complexity index is 95.6. The second-order valence-corrected chi connectivity index (χ2v) is 0.757. The summed E-state index contributed by atoms with van der Waals surface area (Å²) in [5.41, 5.74) is 0. The predicted octanol–water partition coefficient (Wildman–Crippen LogP) is -0.984. The van der Waals surface area contributed by atoms with Crippen molar-refractivity contribution in [1.82, 2.24) is 0 Å². The molecule has 0 aliphatic rings. The molecule has 53 valence electrons. The van der Waals surface area contributed by atoms with Crippen molar-refractivity contribution in [1.29, 1.82) is 0 Å². The van der Waals surface area contributed by atoms with Gasteiger partial charge in [0.15, 0.2) is 0 Å². The first-order valence-electron chi connectivity index (χ1n) is 1.43. The fourth-order valence-corrected chi connectivity index (χ4v) is 0.0745. The maximum Gasteiger partial charge on any atom is 0.452 e. The molecular weight excluding hydrogens is 175 g/mol. The minimum Gasteiger partial charge on any atom is -0.288 e. The number of rotatable bonds is 0. The summed E-state index contributed by atoms with van der Waals surface area (Å²) in [6.45, 7) is 0. The molecule has 6 nitrogen and oxygen atoms in total. The molecule has 0 amide bonds. The standard InChI is InChI=1S/C2H2O6.Mn/c3-1(7-5)2(4)8-6;/h5-6H;. The molecule has 0 aliphatic carbocycles.